The molecule has 1 aliphatic heterocycles. The zero-order valence-corrected chi connectivity index (χ0v) is 5.89. The molecule has 48 valence electrons. The molecule has 0 saturated heterocycles. The Balaban J connectivity index is 0.000000222. The van der Waals surface area contributed by atoms with E-state index in [9.17, 15) is 0 Å². The lowest BCUT2D eigenvalue weighted by molar-refractivity contribution is 0.568. The normalized spacial score (nSPS) is 15.6. The molecule has 0 atom stereocenters. The molecule has 2 heteroatoms. The van der Waals surface area contributed by atoms with E-state index in [1.807, 2.05) is 27.2 Å². The molecule has 8 heavy (non-hydrogen) atoms. The molecular formula is C6H14N2. The zero-order valence-electron chi connectivity index (χ0n) is 5.89. The summed E-state index contributed by atoms with van der Waals surface area (Å²) >= 11 is 0. The third-order valence-corrected chi connectivity index (χ3v) is 0.861. The minimum Gasteiger partial charge on any atom is -0.364 e. The lowest BCUT2D eigenvalue weighted by atomic mass is 10.6. The van der Waals surface area contributed by atoms with Crippen LogP contribution in [0.2, 0.25) is 0 Å². The maximum atomic E-state index is 3.97. The van der Waals surface area contributed by atoms with Gasteiger partial charge < -0.3 is 4.90 Å². The Morgan fingerprint density at radius 1 is 1.50 bits per heavy atom. The Labute approximate surface area is 51.2 Å². The number of rotatable bonds is 0. The third kappa shape index (κ3) is 2.61. The average molecular weight is 114 g/mol. The van der Waals surface area contributed by atoms with Gasteiger partial charge in [0.1, 0.15) is 0 Å². The van der Waals surface area contributed by atoms with Crippen molar-refractivity contribution in [3.8, 4) is 0 Å². The topological polar surface area (TPSA) is 15.6 Å². The number of nitrogens with zero attached hydrogens (tertiary/aromatic N) is 2. The molecule has 0 N–H and O–H groups in total. The molecule has 0 spiro atoms. The zero-order chi connectivity index (χ0) is 6.41. The van der Waals surface area contributed by atoms with Crippen molar-refractivity contribution in [3.63, 3.8) is 0 Å². The van der Waals surface area contributed by atoms with Crippen LogP contribution in [-0.2, 0) is 0 Å². The molecule has 2 nitrogen and oxygen atoms in total. The third-order valence-electron chi connectivity index (χ3n) is 0.861. The van der Waals surface area contributed by atoms with Gasteiger partial charge in [-0.2, -0.15) is 0 Å². The van der Waals surface area contributed by atoms with Gasteiger partial charge in [0.15, 0.2) is 0 Å². The summed E-state index contributed by atoms with van der Waals surface area (Å²) in [5.41, 5.74) is 0. The fourth-order valence-electron chi connectivity index (χ4n) is 0.470. The van der Waals surface area contributed by atoms with E-state index in [0.29, 0.717) is 0 Å². The first-order valence-corrected chi connectivity index (χ1v) is 3.10. The van der Waals surface area contributed by atoms with Gasteiger partial charge in [0.2, 0.25) is 0 Å². The highest BCUT2D eigenvalue weighted by molar-refractivity contribution is 5.56. The van der Waals surface area contributed by atoms with Crippen LogP contribution in [-0.4, -0.2) is 31.4 Å². The van der Waals surface area contributed by atoms with Crippen LogP contribution in [0.4, 0.5) is 0 Å². The maximum Gasteiger partial charge on any atom is 0.0848 e. The van der Waals surface area contributed by atoms with Crippen LogP contribution < -0.4 is 0 Å². The van der Waals surface area contributed by atoms with Crippen LogP contribution in [0.1, 0.15) is 13.8 Å². The van der Waals surface area contributed by atoms with Gasteiger partial charge in [0.25, 0.3) is 0 Å². The Bertz CT molecular complexity index is 68.9. The lowest BCUT2D eigenvalue weighted by Crippen LogP contribution is -2.11. The monoisotopic (exact) mass is 114 g/mol. The summed E-state index contributed by atoms with van der Waals surface area (Å²) in [7, 11) is 2.02. The van der Waals surface area contributed by atoms with E-state index in [0.717, 1.165) is 13.1 Å². The molecule has 0 aliphatic carbocycles. The van der Waals surface area contributed by atoms with Gasteiger partial charge in [0, 0.05) is 13.6 Å². The molecule has 0 fully saturated rings. The summed E-state index contributed by atoms with van der Waals surface area (Å²) in [6.07, 6.45) is 1.86. The predicted molar refractivity (Wildman–Crippen MR) is 37.3 cm³/mol. The second-order valence-electron chi connectivity index (χ2n) is 1.50. The Hall–Kier alpha value is -0.530. The van der Waals surface area contributed by atoms with Crippen molar-refractivity contribution in [2.75, 3.05) is 20.1 Å². The summed E-state index contributed by atoms with van der Waals surface area (Å²) in [4.78, 5) is 6.03. The van der Waals surface area contributed by atoms with Gasteiger partial charge in [-0.25, -0.2) is 0 Å². The molecule has 0 amide bonds. The van der Waals surface area contributed by atoms with Crippen LogP contribution in [0.15, 0.2) is 4.99 Å². The second-order valence-corrected chi connectivity index (χ2v) is 1.50. The van der Waals surface area contributed by atoms with E-state index >= 15 is 0 Å². The largest absolute Gasteiger partial charge is 0.364 e. The van der Waals surface area contributed by atoms with Crippen LogP contribution in [0.25, 0.3) is 0 Å². The van der Waals surface area contributed by atoms with Crippen LogP contribution in [0, 0.1) is 0 Å². The smallest absolute Gasteiger partial charge is 0.0848 e. The number of aliphatic imine (C=N–C) groups is 1. The number of hydrogen-bond acceptors (Lipinski definition) is 2. The fraction of sp³-hybridized carbons (Fsp3) is 0.833. The van der Waals surface area contributed by atoms with Crippen LogP contribution >= 0.6 is 0 Å². The molecule has 1 aliphatic rings. The standard InChI is InChI=1S/C4H8N2.C2H6/c1-6-3-2-5-4-6;1-2/h4H,2-3H2,1H3;1-2H3. The van der Waals surface area contributed by atoms with E-state index in [1.165, 1.54) is 0 Å². The average Bonchev–Trinajstić information content (AvgIpc) is 2.24. The molecule has 0 aromatic carbocycles. The van der Waals surface area contributed by atoms with Crippen molar-refractivity contribution in [2.45, 2.75) is 13.8 Å². The molecule has 1 rings (SSSR count). The fourth-order valence-corrected chi connectivity index (χ4v) is 0.470. The Morgan fingerprint density at radius 2 is 2.12 bits per heavy atom. The molecule has 0 bridgehead atoms. The van der Waals surface area contributed by atoms with Gasteiger partial charge >= 0.3 is 0 Å². The summed E-state index contributed by atoms with van der Waals surface area (Å²) in [5.74, 6) is 0. The van der Waals surface area contributed by atoms with E-state index in [-0.39, 0.29) is 0 Å². The summed E-state index contributed by atoms with van der Waals surface area (Å²) in [5, 5.41) is 0. The Kier molecular flexibility index (Phi) is 4.32. The molecule has 0 aromatic rings. The van der Waals surface area contributed by atoms with Crippen molar-refractivity contribution in [2.24, 2.45) is 4.99 Å². The van der Waals surface area contributed by atoms with Gasteiger partial charge in [-0.15, -0.1) is 0 Å². The molecule has 0 radical (unpaired) electrons. The van der Waals surface area contributed by atoms with Crippen molar-refractivity contribution < 1.29 is 0 Å². The SMILES string of the molecule is CC.CN1C=NCC1. The molecule has 0 unspecified atom stereocenters. The quantitative estimate of drug-likeness (QED) is 0.458. The van der Waals surface area contributed by atoms with E-state index in [1.54, 1.807) is 0 Å². The van der Waals surface area contributed by atoms with Gasteiger partial charge in [0.05, 0.1) is 12.9 Å². The summed E-state index contributed by atoms with van der Waals surface area (Å²) < 4.78 is 0. The highest BCUT2D eigenvalue weighted by Crippen LogP contribution is 1.84. The highest BCUT2D eigenvalue weighted by Gasteiger charge is 1.94. The summed E-state index contributed by atoms with van der Waals surface area (Å²) in [6, 6.07) is 0. The van der Waals surface area contributed by atoms with Crippen molar-refractivity contribution >= 4 is 6.34 Å². The van der Waals surface area contributed by atoms with E-state index in [4.69, 9.17) is 0 Å². The van der Waals surface area contributed by atoms with Crippen LogP contribution in [0.3, 0.4) is 0 Å². The highest BCUT2D eigenvalue weighted by atomic mass is 15.2. The molecule has 1 heterocycles. The lowest BCUT2D eigenvalue weighted by Gasteiger charge is -1.99. The van der Waals surface area contributed by atoms with E-state index < -0.39 is 0 Å². The predicted octanol–water partition coefficient (Wildman–Crippen LogP) is 0.986. The summed E-state index contributed by atoms with van der Waals surface area (Å²) in [6.45, 7) is 6.08. The second kappa shape index (κ2) is 4.62. The first-order valence-electron chi connectivity index (χ1n) is 3.10. The van der Waals surface area contributed by atoms with Gasteiger partial charge in [-0.3, -0.25) is 4.99 Å². The minimum absolute atomic E-state index is 0.983. The molecule has 0 saturated carbocycles. The maximum absolute atomic E-state index is 3.97. The first kappa shape index (κ1) is 7.47. The van der Waals surface area contributed by atoms with Crippen molar-refractivity contribution in [1.29, 1.82) is 0 Å². The molecular weight excluding hydrogens is 100 g/mol. The number of likely N-dealkylation sites (N-methyl/N-ethyl adjacent to an activating group) is 1. The van der Waals surface area contributed by atoms with Gasteiger partial charge in [-0.1, -0.05) is 13.8 Å². The minimum atomic E-state index is 0.983. The number of hydrogen-bond donors (Lipinski definition) is 0. The van der Waals surface area contributed by atoms with Crippen molar-refractivity contribution in [3.05, 3.63) is 0 Å². The first-order chi connectivity index (χ1) is 3.89. The van der Waals surface area contributed by atoms with Crippen LogP contribution in [0.5, 0.6) is 0 Å². The van der Waals surface area contributed by atoms with Crippen molar-refractivity contribution in [1.82, 2.24) is 4.90 Å². The van der Waals surface area contributed by atoms with Gasteiger partial charge in [-0.05, 0) is 0 Å². The Morgan fingerprint density at radius 3 is 2.25 bits per heavy atom. The molecule has 0 aromatic heterocycles. The van der Waals surface area contributed by atoms with E-state index in [2.05, 4.69) is 9.89 Å².